The number of primary amides is 1. The number of carbonyl (C=O) groups is 1. The predicted octanol–water partition coefficient (Wildman–Crippen LogP) is 3.40. The van der Waals surface area contributed by atoms with E-state index in [1.54, 1.807) is 6.07 Å². The molecule has 2 aromatic rings. The minimum atomic E-state index is -0.464. The zero-order valence-electron chi connectivity index (χ0n) is 17.8. The maximum Gasteiger partial charge on any atom is 0.250 e. The highest BCUT2D eigenvalue weighted by atomic mass is 16.5. The van der Waals surface area contributed by atoms with Gasteiger partial charge in [0.2, 0.25) is 0 Å². The van der Waals surface area contributed by atoms with Gasteiger partial charge in [-0.2, -0.15) is 0 Å². The Balaban J connectivity index is 1.70. The number of hydrogen-bond acceptors (Lipinski definition) is 5. The molecule has 4 N–H and O–H groups in total. The Morgan fingerprint density at radius 1 is 1.28 bits per heavy atom. The van der Waals surface area contributed by atoms with Crippen LogP contribution in [-0.4, -0.2) is 38.6 Å². The fraction of sp³-hybridized carbons (Fsp3) is 0.636. The molecule has 3 heterocycles. The van der Waals surface area contributed by atoms with Gasteiger partial charge in [0.05, 0.1) is 16.6 Å². The van der Waals surface area contributed by atoms with Gasteiger partial charge in [-0.3, -0.25) is 4.79 Å². The standard InChI is InChI=1S/C22H32N5O2/c1-20(2)11-14(12-21(3,4)27(20)29)13-22(9-6-10-24-22)19-25-16-8-5-7-15(18(23)28)17(16)26-19/h5,7-8,14,24H,6,9-13H2,1-4H3,(H2,23,28)(H,25,26)/q-1. The number of imidazole rings is 1. The van der Waals surface area contributed by atoms with Crippen molar-refractivity contribution in [2.24, 2.45) is 11.7 Å². The van der Waals surface area contributed by atoms with E-state index in [4.69, 9.17) is 10.7 Å². The molecular formula is C22H32N5O2-. The molecule has 0 radical (unpaired) electrons. The molecule has 2 fully saturated rings. The van der Waals surface area contributed by atoms with E-state index >= 15 is 0 Å². The number of amides is 1. The van der Waals surface area contributed by atoms with Crippen molar-refractivity contribution in [2.45, 2.75) is 76.4 Å². The number of nitrogens with zero attached hydrogens (tertiary/aromatic N) is 2. The summed E-state index contributed by atoms with van der Waals surface area (Å²) < 4.78 is 0. The van der Waals surface area contributed by atoms with Crippen molar-refractivity contribution in [1.82, 2.24) is 20.3 Å². The second-order valence-corrected chi connectivity index (χ2v) is 10.2. The minimum absolute atomic E-state index is 0.268. The zero-order chi connectivity index (χ0) is 21.0. The first-order chi connectivity index (χ1) is 13.5. The van der Waals surface area contributed by atoms with Gasteiger partial charge in [-0.15, -0.1) is 0 Å². The molecule has 2 saturated heterocycles. The molecule has 0 spiro atoms. The lowest BCUT2D eigenvalue weighted by Gasteiger charge is -2.60. The second kappa shape index (κ2) is 6.79. The second-order valence-electron chi connectivity index (χ2n) is 10.2. The molecule has 1 amide bonds. The fourth-order valence-corrected chi connectivity index (χ4v) is 5.84. The highest BCUT2D eigenvalue weighted by Gasteiger charge is 2.46. The van der Waals surface area contributed by atoms with Crippen LogP contribution < -0.4 is 11.1 Å². The maximum atomic E-state index is 12.8. The molecule has 2 aliphatic heterocycles. The monoisotopic (exact) mass is 398 g/mol. The molecule has 1 unspecified atom stereocenters. The number of nitrogens with two attached hydrogens (primary N) is 1. The third kappa shape index (κ3) is 3.45. The average molecular weight is 399 g/mol. The first kappa shape index (κ1) is 20.3. The molecule has 158 valence electrons. The van der Waals surface area contributed by atoms with Gasteiger partial charge >= 0.3 is 0 Å². The molecule has 7 nitrogen and oxygen atoms in total. The van der Waals surface area contributed by atoms with Crippen LogP contribution in [0.5, 0.6) is 0 Å². The molecule has 0 saturated carbocycles. The van der Waals surface area contributed by atoms with Gasteiger partial charge in [0.15, 0.2) is 0 Å². The first-order valence-electron chi connectivity index (χ1n) is 10.6. The van der Waals surface area contributed by atoms with Crippen molar-refractivity contribution in [3.63, 3.8) is 0 Å². The molecule has 29 heavy (non-hydrogen) atoms. The van der Waals surface area contributed by atoms with Gasteiger partial charge in [-0.05, 0) is 84.4 Å². The van der Waals surface area contributed by atoms with E-state index in [2.05, 4.69) is 10.3 Å². The lowest BCUT2D eigenvalue weighted by Crippen LogP contribution is -2.58. The minimum Gasteiger partial charge on any atom is -0.784 e. The van der Waals surface area contributed by atoms with Crippen LogP contribution >= 0.6 is 0 Å². The van der Waals surface area contributed by atoms with Crippen LogP contribution in [0, 0.1) is 11.1 Å². The summed E-state index contributed by atoms with van der Waals surface area (Å²) in [6, 6.07) is 5.48. The van der Waals surface area contributed by atoms with Crippen LogP contribution in [0.1, 0.15) is 76.0 Å². The van der Waals surface area contributed by atoms with Crippen LogP contribution in [0.2, 0.25) is 0 Å². The number of aromatic amines is 1. The van der Waals surface area contributed by atoms with Crippen molar-refractivity contribution in [3.8, 4) is 0 Å². The number of H-pyrrole nitrogens is 1. The maximum absolute atomic E-state index is 12.8. The van der Waals surface area contributed by atoms with Gasteiger partial charge < -0.3 is 26.3 Å². The molecule has 0 aliphatic carbocycles. The van der Waals surface area contributed by atoms with E-state index in [-0.39, 0.29) is 16.6 Å². The van der Waals surface area contributed by atoms with Crippen molar-refractivity contribution in [3.05, 3.63) is 34.8 Å². The van der Waals surface area contributed by atoms with E-state index < -0.39 is 5.91 Å². The molecule has 1 aromatic heterocycles. The van der Waals surface area contributed by atoms with Gasteiger partial charge in [0.1, 0.15) is 11.3 Å². The Labute approximate surface area is 172 Å². The Kier molecular flexibility index (Phi) is 4.76. The van der Waals surface area contributed by atoms with Crippen LogP contribution in [-0.2, 0) is 5.54 Å². The van der Waals surface area contributed by atoms with Gasteiger partial charge in [0.25, 0.3) is 5.91 Å². The molecule has 1 aromatic carbocycles. The van der Waals surface area contributed by atoms with Crippen molar-refractivity contribution in [2.75, 3.05) is 6.54 Å². The summed E-state index contributed by atoms with van der Waals surface area (Å²) in [5.74, 6) is 0.812. The molecule has 1 atom stereocenters. The average Bonchev–Trinajstić information content (AvgIpc) is 3.26. The van der Waals surface area contributed by atoms with Crippen molar-refractivity contribution >= 4 is 16.9 Å². The number of para-hydroxylation sites is 1. The Morgan fingerprint density at radius 3 is 2.55 bits per heavy atom. The van der Waals surface area contributed by atoms with Crippen LogP contribution in [0.25, 0.3) is 11.0 Å². The number of hydrogen-bond donors (Lipinski definition) is 3. The van der Waals surface area contributed by atoms with Crippen LogP contribution in [0.15, 0.2) is 18.2 Å². The Morgan fingerprint density at radius 2 is 1.97 bits per heavy atom. The summed E-state index contributed by atoms with van der Waals surface area (Å²) in [5, 5.41) is 17.7. The highest BCUT2D eigenvalue weighted by molar-refractivity contribution is 6.04. The summed E-state index contributed by atoms with van der Waals surface area (Å²) in [6.45, 7) is 9.12. The van der Waals surface area contributed by atoms with Crippen LogP contribution in [0.4, 0.5) is 0 Å². The predicted molar refractivity (Wildman–Crippen MR) is 114 cm³/mol. The van der Waals surface area contributed by atoms with Gasteiger partial charge in [-0.25, -0.2) is 4.98 Å². The third-order valence-electron chi connectivity index (χ3n) is 6.79. The topological polar surface area (TPSA) is 110 Å². The lowest BCUT2D eigenvalue weighted by molar-refractivity contribution is -0.0202. The zero-order valence-corrected chi connectivity index (χ0v) is 17.8. The summed E-state index contributed by atoms with van der Waals surface area (Å²) in [5.41, 5.74) is 6.42. The van der Waals surface area contributed by atoms with Gasteiger partial charge in [-0.1, -0.05) is 6.07 Å². The quantitative estimate of drug-likeness (QED) is 0.731. The number of carbonyl (C=O) groups excluding carboxylic acids is 1. The summed E-state index contributed by atoms with van der Waals surface area (Å²) in [7, 11) is 0. The summed E-state index contributed by atoms with van der Waals surface area (Å²) >= 11 is 0. The molecule has 4 rings (SSSR count). The van der Waals surface area contributed by atoms with Crippen LogP contribution in [0.3, 0.4) is 0 Å². The van der Waals surface area contributed by atoms with Crippen molar-refractivity contribution < 1.29 is 4.79 Å². The number of aromatic nitrogens is 2. The number of rotatable bonds is 4. The molecule has 7 heteroatoms. The molecule has 0 bridgehead atoms. The number of fused-ring (bicyclic) bond motifs is 1. The van der Waals surface area contributed by atoms with E-state index in [9.17, 15) is 10.0 Å². The Bertz CT molecular complexity index is 908. The number of benzene rings is 1. The van der Waals surface area contributed by atoms with E-state index in [1.165, 1.54) is 5.06 Å². The Hall–Kier alpha value is -1.96. The number of piperidine rings is 1. The van der Waals surface area contributed by atoms with E-state index in [0.29, 0.717) is 17.0 Å². The van der Waals surface area contributed by atoms with Crippen molar-refractivity contribution in [1.29, 1.82) is 0 Å². The molecule has 2 aliphatic rings. The first-order valence-corrected chi connectivity index (χ1v) is 10.6. The SMILES string of the molecule is CC1(C)CC(CC2(c3nc4c(C(N)=O)cccc4[nH]3)CCCN2)CC(C)(C)N1[O-]. The fourth-order valence-electron chi connectivity index (χ4n) is 5.84. The smallest absolute Gasteiger partial charge is 0.250 e. The normalized spacial score (nSPS) is 27.5. The summed E-state index contributed by atoms with van der Waals surface area (Å²) in [6.07, 6.45) is 4.69. The highest BCUT2D eigenvalue weighted by Crippen LogP contribution is 2.46. The van der Waals surface area contributed by atoms with E-state index in [1.807, 2.05) is 39.8 Å². The third-order valence-corrected chi connectivity index (χ3v) is 6.79. The van der Waals surface area contributed by atoms with Gasteiger partial charge in [0, 0.05) is 11.1 Å². The lowest BCUT2D eigenvalue weighted by atomic mass is 9.70. The summed E-state index contributed by atoms with van der Waals surface area (Å²) in [4.78, 5) is 20.1. The molecular weight excluding hydrogens is 366 g/mol. The number of hydroxylamine groups is 2. The number of nitrogens with one attached hydrogen (secondary N) is 2. The van der Waals surface area contributed by atoms with E-state index in [0.717, 1.165) is 50.0 Å². The largest absolute Gasteiger partial charge is 0.784 e.